The molecule has 0 heterocycles. The summed E-state index contributed by atoms with van der Waals surface area (Å²) in [6.07, 6.45) is 6.85. The number of allylic oxidation sites excluding steroid dienone is 1. The Balaban J connectivity index is -0.000000130. The Morgan fingerprint density at radius 3 is 1.78 bits per heavy atom. The molecule has 0 aliphatic heterocycles. The van der Waals surface area contributed by atoms with Crippen LogP contribution in [0.3, 0.4) is 0 Å². The predicted molar refractivity (Wildman–Crippen MR) is 125 cm³/mol. The van der Waals surface area contributed by atoms with E-state index in [0.29, 0.717) is 11.3 Å². The maximum atomic E-state index is 3.51. The Hall–Kier alpha value is -0.820. The average Bonchev–Trinajstić information content (AvgIpc) is 3.04. The fraction of sp³-hybridized carbons (Fsp3) is 0.308. The van der Waals surface area contributed by atoms with Crippen LogP contribution in [0.2, 0.25) is 0 Å². The van der Waals surface area contributed by atoms with Gasteiger partial charge >= 0.3 is 0 Å². The van der Waals surface area contributed by atoms with Gasteiger partial charge in [0.25, 0.3) is 0 Å². The molecule has 1 aliphatic rings. The van der Waals surface area contributed by atoms with Crippen molar-refractivity contribution in [2.75, 3.05) is 0 Å². The summed E-state index contributed by atoms with van der Waals surface area (Å²) in [4.78, 5) is 0. The predicted octanol–water partition coefficient (Wildman–Crippen LogP) is 8.31. The fourth-order valence-corrected chi connectivity index (χ4v) is 2.67. The average molecular weight is 532 g/mol. The van der Waals surface area contributed by atoms with Gasteiger partial charge < -0.3 is 37.1 Å². The van der Waals surface area contributed by atoms with E-state index >= 15 is 0 Å². The summed E-state index contributed by atoms with van der Waals surface area (Å²) >= 11 is 0. The number of benzene rings is 1. The second kappa shape index (κ2) is 16.2. The molecule has 1 atom stereocenters. The van der Waals surface area contributed by atoms with Crippen LogP contribution in [0.15, 0.2) is 42.5 Å². The summed E-state index contributed by atoms with van der Waals surface area (Å²) in [6.45, 7) is 11.3. The first-order valence-electron chi connectivity index (χ1n) is 7.74. The minimum Gasteiger partial charge on any atom is -0.358 e. The molecule has 1 aliphatic carbocycles. The third-order valence-corrected chi connectivity index (χ3v) is 3.89. The SMILES string of the molecule is Cc1cc2c(cc1C)C(CC(C)(C)C)[C-]=C2.[CH3-].[CH3-].[CH3-].[CH3-].[CH3-].[Hf].c1cc[cH-]c1. The topological polar surface area (TPSA) is 0 Å². The summed E-state index contributed by atoms with van der Waals surface area (Å²) in [5, 5.41) is 0. The first-order valence-corrected chi connectivity index (χ1v) is 7.74. The maximum absolute atomic E-state index is 3.51. The molecule has 0 fully saturated rings. The van der Waals surface area contributed by atoms with E-state index in [-0.39, 0.29) is 63.0 Å². The Morgan fingerprint density at radius 2 is 1.37 bits per heavy atom. The first kappa shape index (κ1) is 37.0. The third kappa shape index (κ3) is 11.6. The van der Waals surface area contributed by atoms with Crippen molar-refractivity contribution in [1.82, 2.24) is 0 Å². The molecular weight excluding hydrogens is 491 g/mol. The smallest absolute Gasteiger partial charge is 0 e. The molecule has 1 unspecified atom stereocenters. The number of rotatable bonds is 1. The van der Waals surface area contributed by atoms with Crippen LogP contribution in [0.5, 0.6) is 0 Å². The Labute approximate surface area is 191 Å². The van der Waals surface area contributed by atoms with Crippen LogP contribution in [-0.2, 0) is 25.8 Å². The zero-order chi connectivity index (χ0) is 15.5. The second-order valence-corrected chi connectivity index (χ2v) is 7.16. The summed E-state index contributed by atoms with van der Waals surface area (Å²) in [5.41, 5.74) is 5.99. The molecule has 0 saturated carbocycles. The van der Waals surface area contributed by atoms with Crippen LogP contribution in [0, 0.1) is 62.5 Å². The van der Waals surface area contributed by atoms with E-state index in [4.69, 9.17) is 0 Å². The Kier molecular flexibility index (Phi) is 22.2. The second-order valence-electron chi connectivity index (χ2n) is 7.16. The molecule has 1 heteroatoms. The van der Waals surface area contributed by atoms with Gasteiger partial charge in [0, 0.05) is 25.8 Å². The minimum atomic E-state index is 0. The summed E-state index contributed by atoms with van der Waals surface area (Å²) < 4.78 is 0. The minimum absolute atomic E-state index is 0. The van der Waals surface area contributed by atoms with Crippen molar-refractivity contribution in [3.05, 3.63) is 108 Å². The van der Waals surface area contributed by atoms with Crippen LogP contribution in [0.25, 0.3) is 6.08 Å². The first-order chi connectivity index (χ1) is 9.87. The van der Waals surface area contributed by atoms with Crippen molar-refractivity contribution in [2.45, 2.75) is 47.0 Å². The molecule has 156 valence electrons. The Bertz CT molecular complexity index is 581. The van der Waals surface area contributed by atoms with Gasteiger partial charge in [-0.05, 0) is 19.3 Å². The quantitative estimate of drug-likeness (QED) is 0.256. The van der Waals surface area contributed by atoms with Gasteiger partial charge in [-0.2, -0.15) is 23.8 Å². The molecule has 0 N–H and O–H groups in total. The number of hydrogen-bond acceptors (Lipinski definition) is 0. The summed E-state index contributed by atoms with van der Waals surface area (Å²) in [7, 11) is 0. The number of hydrogen-bond donors (Lipinski definition) is 0. The van der Waals surface area contributed by atoms with Crippen molar-refractivity contribution in [2.24, 2.45) is 5.41 Å². The monoisotopic (exact) mass is 533 g/mol. The van der Waals surface area contributed by atoms with Gasteiger partial charge in [0.1, 0.15) is 0 Å². The maximum Gasteiger partial charge on any atom is 0 e. The van der Waals surface area contributed by atoms with E-state index in [0.717, 1.165) is 0 Å². The van der Waals surface area contributed by atoms with Gasteiger partial charge in [-0.25, -0.2) is 18.2 Å². The van der Waals surface area contributed by atoms with E-state index in [2.05, 4.69) is 58.9 Å². The van der Waals surface area contributed by atoms with Crippen molar-refractivity contribution < 1.29 is 25.8 Å². The zero-order valence-electron chi connectivity index (χ0n) is 19.4. The largest absolute Gasteiger partial charge is 0.358 e. The Morgan fingerprint density at radius 1 is 0.889 bits per heavy atom. The van der Waals surface area contributed by atoms with Crippen LogP contribution in [0.4, 0.5) is 0 Å². The molecule has 2 aromatic carbocycles. The molecule has 0 spiro atoms. The van der Waals surface area contributed by atoms with Crippen LogP contribution >= 0.6 is 0 Å². The van der Waals surface area contributed by atoms with Crippen molar-refractivity contribution in [3.8, 4) is 0 Å². The molecule has 3 rings (SSSR count). The van der Waals surface area contributed by atoms with Gasteiger partial charge in [0.15, 0.2) is 0 Å². The molecule has 0 saturated heterocycles. The van der Waals surface area contributed by atoms with E-state index in [1.165, 1.54) is 28.7 Å². The van der Waals surface area contributed by atoms with E-state index < -0.39 is 0 Å². The number of aryl methyl sites for hydroxylation is 2. The molecule has 0 aromatic heterocycles. The van der Waals surface area contributed by atoms with E-state index in [9.17, 15) is 0 Å². The van der Waals surface area contributed by atoms with Gasteiger partial charge in [0.2, 0.25) is 0 Å². The van der Waals surface area contributed by atoms with Crippen LogP contribution in [-0.4, -0.2) is 0 Å². The van der Waals surface area contributed by atoms with Crippen molar-refractivity contribution in [1.29, 1.82) is 0 Å². The van der Waals surface area contributed by atoms with Gasteiger partial charge in [-0.15, -0.1) is 11.6 Å². The van der Waals surface area contributed by atoms with Crippen LogP contribution in [0.1, 0.15) is 55.4 Å². The normalized spacial score (nSPS) is 12.7. The van der Waals surface area contributed by atoms with Gasteiger partial charge in [-0.1, -0.05) is 50.3 Å². The van der Waals surface area contributed by atoms with E-state index in [1.54, 1.807) is 0 Å². The summed E-state index contributed by atoms with van der Waals surface area (Å²) in [5.74, 6) is 0.495. The number of fused-ring (bicyclic) bond motifs is 1. The zero-order valence-corrected chi connectivity index (χ0v) is 23.0. The third-order valence-electron chi connectivity index (χ3n) is 3.89. The molecule has 2 aromatic rings. The van der Waals surface area contributed by atoms with E-state index in [1.807, 2.05) is 30.3 Å². The molecular formula is C26H41Hf-7. The standard InChI is InChI=1S/C16H21.C5H5.5CH3.Hf/c1-11-8-13-6-7-14(10-16(3,4)5)15(13)9-12(11)2;1-2-4-5-3-1;;;;;;/h6,8-9,14H,10H2,1-5H3;1-5H;5*1H3;/q7*-1;. The van der Waals surface area contributed by atoms with Crippen molar-refractivity contribution in [3.63, 3.8) is 0 Å². The molecule has 0 nitrogen and oxygen atoms in total. The van der Waals surface area contributed by atoms with Crippen molar-refractivity contribution >= 4 is 6.08 Å². The molecule has 0 amide bonds. The molecule has 0 bridgehead atoms. The fourth-order valence-electron chi connectivity index (χ4n) is 2.67. The van der Waals surface area contributed by atoms with Gasteiger partial charge in [0.05, 0.1) is 0 Å². The van der Waals surface area contributed by atoms with Gasteiger partial charge in [-0.3, -0.25) is 6.08 Å². The molecule has 0 radical (unpaired) electrons. The summed E-state index contributed by atoms with van der Waals surface area (Å²) in [6, 6.07) is 14.6. The molecule has 27 heavy (non-hydrogen) atoms. The van der Waals surface area contributed by atoms with Crippen LogP contribution < -0.4 is 0 Å².